The van der Waals surface area contributed by atoms with Gasteiger partial charge in [0.15, 0.2) is 0 Å². The van der Waals surface area contributed by atoms with Crippen molar-refractivity contribution in [2.24, 2.45) is 0 Å². The van der Waals surface area contributed by atoms with Gasteiger partial charge < -0.3 is 10.0 Å². The summed E-state index contributed by atoms with van der Waals surface area (Å²) in [5, 5.41) is 14.7. The lowest BCUT2D eigenvalue weighted by Crippen LogP contribution is -2.32. The van der Waals surface area contributed by atoms with Gasteiger partial charge in [0.1, 0.15) is 0 Å². The Balaban J connectivity index is 0.00000363. The molecule has 32 heavy (non-hydrogen) atoms. The molecule has 0 radical (unpaired) electrons. The third-order valence-electron chi connectivity index (χ3n) is 4.78. The van der Waals surface area contributed by atoms with Crippen LogP contribution in [0.2, 0.25) is 5.02 Å². The van der Waals surface area contributed by atoms with Crippen LogP contribution in [0.3, 0.4) is 0 Å². The summed E-state index contributed by atoms with van der Waals surface area (Å²) < 4.78 is 1.38. The molecule has 1 aromatic heterocycles. The van der Waals surface area contributed by atoms with E-state index in [1.807, 2.05) is 37.2 Å². The molecular formula is C23H26Cl2N4O3. The summed E-state index contributed by atoms with van der Waals surface area (Å²) in [6.45, 7) is 1.42. The van der Waals surface area contributed by atoms with Gasteiger partial charge >= 0.3 is 6.09 Å². The Kier molecular flexibility index (Phi) is 9.26. The normalized spacial score (nSPS) is 10.6. The second-order valence-corrected chi connectivity index (χ2v) is 7.92. The quantitative estimate of drug-likeness (QED) is 0.518. The number of amides is 1. The van der Waals surface area contributed by atoms with Crippen molar-refractivity contribution >= 4 is 35.8 Å². The van der Waals surface area contributed by atoms with Crippen molar-refractivity contribution in [3.05, 3.63) is 81.6 Å². The van der Waals surface area contributed by atoms with Crippen molar-refractivity contribution in [1.82, 2.24) is 14.7 Å². The van der Waals surface area contributed by atoms with E-state index in [0.29, 0.717) is 29.4 Å². The molecule has 0 saturated heterocycles. The Morgan fingerprint density at radius 3 is 2.44 bits per heavy atom. The van der Waals surface area contributed by atoms with E-state index in [-0.39, 0.29) is 24.5 Å². The van der Waals surface area contributed by atoms with E-state index in [1.54, 1.807) is 36.4 Å². The first-order valence-electron chi connectivity index (χ1n) is 9.92. The molecule has 0 aliphatic heterocycles. The Bertz CT molecular complexity index is 1100. The molecule has 0 aliphatic rings. The highest BCUT2D eigenvalue weighted by Gasteiger charge is 2.15. The van der Waals surface area contributed by atoms with Crippen LogP contribution in [0.4, 0.5) is 10.5 Å². The summed E-state index contributed by atoms with van der Waals surface area (Å²) in [6, 6.07) is 17.6. The van der Waals surface area contributed by atoms with Crippen LogP contribution in [-0.4, -0.2) is 53.1 Å². The van der Waals surface area contributed by atoms with Crippen molar-refractivity contribution < 1.29 is 9.90 Å². The summed E-state index contributed by atoms with van der Waals surface area (Å²) in [4.78, 5) is 27.5. The number of halogens is 2. The molecule has 2 aromatic carbocycles. The first-order valence-corrected chi connectivity index (χ1v) is 10.3. The molecule has 0 spiro atoms. The molecule has 0 fully saturated rings. The third kappa shape index (κ3) is 6.82. The van der Waals surface area contributed by atoms with E-state index in [0.717, 1.165) is 17.7 Å². The van der Waals surface area contributed by atoms with Crippen LogP contribution in [0, 0.1) is 0 Å². The van der Waals surface area contributed by atoms with Crippen LogP contribution in [0.1, 0.15) is 12.0 Å². The van der Waals surface area contributed by atoms with Gasteiger partial charge in [0.2, 0.25) is 0 Å². The number of hydrogen-bond acceptors (Lipinski definition) is 4. The number of hydrogen-bond donors (Lipinski definition) is 1. The van der Waals surface area contributed by atoms with E-state index in [9.17, 15) is 14.7 Å². The molecule has 170 valence electrons. The van der Waals surface area contributed by atoms with Gasteiger partial charge in [-0.1, -0.05) is 35.9 Å². The fourth-order valence-corrected chi connectivity index (χ4v) is 3.34. The largest absolute Gasteiger partial charge is 0.465 e. The molecule has 0 aliphatic carbocycles. The third-order valence-corrected chi connectivity index (χ3v) is 5.03. The number of nitrogens with zero attached hydrogens (tertiary/aromatic N) is 4. The lowest BCUT2D eigenvalue weighted by atomic mass is 10.1. The minimum atomic E-state index is -1.00. The van der Waals surface area contributed by atoms with Gasteiger partial charge in [-0.3, -0.25) is 9.69 Å². The zero-order chi connectivity index (χ0) is 22.4. The van der Waals surface area contributed by atoms with Crippen molar-refractivity contribution in [2.75, 3.05) is 32.1 Å². The SMILES string of the molecule is CN(C)CCCN(C(=O)O)c1cccc(Cn2nc(-c3ccc(Cl)cc3)ccc2=O)c1.Cl. The number of anilines is 1. The summed E-state index contributed by atoms with van der Waals surface area (Å²) in [5.41, 5.74) is 2.64. The van der Waals surface area contributed by atoms with E-state index >= 15 is 0 Å². The molecule has 1 heterocycles. The molecule has 7 nitrogen and oxygen atoms in total. The Hall–Kier alpha value is -2.87. The lowest BCUT2D eigenvalue weighted by molar-refractivity contribution is 0.201. The molecule has 3 aromatic rings. The van der Waals surface area contributed by atoms with Gasteiger partial charge in [0, 0.05) is 28.9 Å². The van der Waals surface area contributed by atoms with Crippen LogP contribution in [0.5, 0.6) is 0 Å². The monoisotopic (exact) mass is 476 g/mol. The van der Waals surface area contributed by atoms with E-state index in [2.05, 4.69) is 5.10 Å². The summed E-state index contributed by atoms with van der Waals surface area (Å²) >= 11 is 5.95. The van der Waals surface area contributed by atoms with Crippen LogP contribution >= 0.6 is 24.0 Å². The maximum atomic E-state index is 12.4. The summed E-state index contributed by atoms with van der Waals surface area (Å²) in [6.07, 6.45) is -0.288. The van der Waals surface area contributed by atoms with E-state index in [1.165, 1.54) is 15.6 Å². The highest BCUT2D eigenvalue weighted by atomic mass is 35.5. The molecule has 1 N–H and O–H groups in total. The van der Waals surface area contributed by atoms with Crippen molar-refractivity contribution in [1.29, 1.82) is 0 Å². The van der Waals surface area contributed by atoms with E-state index < -0.39 is 6.09 Å². The lowest BCUT2D eigenvalue weighted by Gasteiger charge is -2.21. The molecule has 0 saturated carbocycles. The molecular weight excluding hydrogens is 451 g/mol. The maximum absolute atomic E-state index is 12.4. The predicted molar refractivity (Wildman–Crippen MR) is 130 cm³/mol. The molecule has 0 atom stereocenters. The van der Waals surface area contributed by atoms with Gasteiger partial charge in [0.05, 0.1) is 12.2 Å². The minimum absolute atomic E-state index is 0. The van der Waals surface area contributed by atoms with Crippen LogP contribution in [0.15, 0.2) is 65.5 Å². The van der Waals surface area contributed by atoms with Crippen molar-refractivity contribution in [3.8, 4) is 11.3 Å². The zero-order valence-corrected chi connectivity index (χ0v) is 19.5. The minimum Gasteiger partial charge on any atom is -0.465 e. The zero-order valence-electron chi connectivity index (χ0n) is 17.9. The number of rotatable bonds is 8. The Labute approximate surface area is 198 Å². The second kappa shape index (κ2) is 11.7. The fraction of sp³-hybridized carbons (Fsp3) is 0.261. The number of aromatic nitrogens is 2. The van der Waals surface area contributed by atoms with Crippen molar-refractivity contribution in [3.63, 3.8) is 0 Å². The number of carbonyl (C=O) groups is 1. The summed E-state index contributed by atoms with van der Waals surface area (Å²) in [7, 11) is 3.91. The van der Waals surface area contributed by atoms with Crippen LogP contribution < -0.4 is 10.5 Å². The standard InChI is InChI=1S/C23H25ClN4O3.ClH/c1-26(2)13-4-14-27(23(30)31)20-6-3-5-17(15-20)16-28-22(29)12-11-21(25-28)18-7-9-19(24)10-8-18;/h3,5-12,15H,4,13-14,16H2,1-2H3,(H,30,31);1H. The van der Waals surface area contributed by atoms with E-state index in [4.69, 9.17) is 11.6 Å². The van der Waals surface area contributed by atoms with Crippen LogP contribution in [-0.2, 0) is 6.54 Å². The number of benzene rings is 2. The first-order chi connectivity index (χ1) is 14.8. The Morgan fingerprint density at radius 1 is 1.06 bits per heavy atom. The fourth-order valence-electron chi connectivity index (χ4n) is 3.21. The molecule has 9 heteroatoms. The maximum Gasteiger partial charge on any atom is 0.411 e. The average Bonchev–Trinajstić information content (AvgIpc) is 2.73. The first kappa shape index (κ1) is 25.4. The van der Waals surface area contributed by atoms with Gasteiger partial charge in [-0.25, -0.2) is 9.48 Å². The van der Waals surface area contributed by atoms with Crippen molar-refractivity contribution in [2.45, 2.75) is 13.0 Å². The average molecular weight is 477 g/mol. The molecule has 0 unspecified atom stereocenters. The smallest absolute Gasteiger partial charge is 0.411 e. The van der Waals surface area contributed by atoms with Gasteiger partial charge in [-0.05, 0) is 63.0 Å². The highest BCUT2D eigenvalue weighted by Crippen LogP contribution is 2.20. The topological polar surface area (TPSA) is 78.7 Å². The highest BCUT2D eigenvalue weighted by molar-refractivity contribution is 6.30. The second-order valence-electron chi connectivity index (χ2n) is 7.48. The van der Waals surface area contributed by atoms with Crippen LogP contribution in [0.25, 0.3) is 11.3 Å². The molecule has 0 bridgehead atoms. The van der Waals surface area contributed by atoms with Gasteiger partial charge in [-0.15, -0.1) is 12.4 Å². The predicted octanol–water partition coefficient (Wildman–Crippen LogP) is 4.47. The van der Waals surface area contributed by atoms with Gasteiger partial charge in [0.25, 0.3) is 5.56 Å². The molecule has 3 rings (SSSR count). The Morgan fingerprint density at radius 2 is 1.78 bits per heavy atom. The molecule has 1 amide bonds. The van der Waals surface area contributed by atoms with Gasteiger partial charge in [-0.2, -0.15) is 5.10 Å². The number of carboxylic acid groups (broad SMARTS) is 1. The summed E-state index contributed by atoms with van der Waals surface area (Å²) in [5.74, 6) is 0.